The minimum atomic E-state index is -3.76. The van der Waals surface area contributed by atoms with Gasteiger partial charge in [-0.15, -0.1) is 0 Å². The van der Waals surface area contributed by atoms with Gasteiger partial charge in [0.25, 0.3) is 16.1 Å². The zero-order valence-electron chi connectivity index (χ0n) is 17.8. The average Bonchev–Trinajstić information content (AvgIpc) is 3.26. The third-order valence-corrected chi connectivity index (χ3v) is 6.22. The smallest absolute Gasteiger partial charge is 0.276 e. The van der Waals surface area contributed by atoms with Gasteiger partial charge >= 0.3 is 0 Å². The number of nitriles is 1. The first kappa shape index (κ1) is 23.3. The first-order valence-electron chi connectivity index (χ1n) is 9.82. The standard InChI is InChI=1S/C21H25N5O5S/c1-30-19-6-4-15(10-20(19)31-2)12-24-21(27)17-9-14(11-22)3-5-18(17)25-16-7-8-26(13-16)32(23,28)29/h3-6,9-10,16,25H,7-8,12-13H2,1-2H3,(H,24,27)(H2,23,28,29). The molecule has 4 N–H and O–H groups in total. The summed E-state index contributed by atoms with van der Waals surface area (Å²) in [4.78, 5) is 12.9. The third kappa shape index (κ3) is 5.47. The Labute approximate surface area is 187 Å². The van der Waals surface area contributed by atoms with E-state index in [1.54, 1.807) is 31.4 Å². The summed E-state index contributed by atoms with van der Waals surface area (Å²) >= 11 is 0. The first-order chi connectivity index (χ1) is 15.2. The van der Waals surface area contributed by atoms with Crippen LogP contribution in [0, 0.1) is 11.3 Å². The predicted molar refractivity (Wildman–Crippen MR) is 119 cm³/mol. The molecule has 1 unspecified atom stereocenters. The summed E-state index contributed by atoms with van der Waals surface area (Å²) in [6.45, 7) is 0.733. The number of hydrogen-bond acceptors (Lipinski definition) is 7. The van der Waals surface area contributed by atoms with Gasteiger partial charge in [0.1, 0.15) is 0 Å². The van der Waals surface area contributed by atoms with E-state index in [4.69, 9.17) is 14.6 Å². The highest BCUT2D eigenvalue weighted by molar-refractivity contribution is 7.86. The molecule has 0 saturated carbocycles. The highest BCUT2D eigenvalue weighted by Gasteiger charge is 2.29. The lowest BCUT2D eigenvalue weighted by Crippen LogP contribution is -2.36. The Hall–Kier alpha value is -3.33. The lowest BCUT2D eigenvalue weighted by atomic mass is 10.1. The van der Waals surface area contributed by atoms with Crippen LogP contribution in [0.15, 0.2) is 36.4 Å². The van der Waals surface area contributed by atoms with Crippen LogP contribution in [0.4, 0.5) is 5.69 Å². The van der Waals surface area contributed by atoms with Crippen LogP contribution in [-0.2, 0) is 16.8 Å². The molecule has 2 aromatic carbocycles. The van der Waals surface area contributed by atoms with Gasteiger partial charge in [-0.2, -0.15) is 18.0 Å². The van der Waals surface area contributed by atoms with Crippen molar-refractivity contribution >= 4 is 21.8 Å². The molecule has 3 rings (SSSR count). The van der Waals surface area contributed by atoms with Gasteiger partial charge in [-0.1, -0.05) is 6.07 Å². The van der Waals surface area contributed by atoms with Crippen molar-refractivity contribution in [1.82, 2.24) is 9.62 Å². The summed E-state index contributed by atoms with van der Waals surface area (Å²) in [5.74, 6) is 0.760. The molecule has 11 heteroatoms. The summed E-state index contributed by atoms with van der Waals surface area (Å²) in [5.41, 5.74) is 1.94. The Morgan fingerprint density at radius 1 is 1.22 bits per heavy atom. The van der Waals surface area contributed by atoms with Crippen molar-refractivity contribution in [2.45, 2.75) is 19.0 Å². The van der Waals surface area contributed by atoms with Gasteiger partial charge in [0, 0.05) is 31.4 Å². The Morgan fingerprint density at radius 2 is 1.97 bits per heavy atom. The molecule has 1 heterocycles. The second-order valence-corrected chi connectivity index (χ2v) is 8.82. The first-order valence-corrected chi connectivity index (χ1v) is 11.3. The quantitative estimate of drug-likeness (QED) is 0.537. The molecule has 32 heavy (non-hydrogen) atoms. The maximum absolute atomic E-state index is 12.9. The molecule has 1 fully saturated rings. The zero-order valence-corrected chi connectivity index (χ0v) is 18.6. The fourth-order valence-corrected chi connectivity index (χ4v) is 4.24. The third-order valence-electron chi connectivity index (χ3n) is 5.16. The van der Waals surface area contributed by atoms with Crippen LogP contribution in [0.2, 0.25) is 0 Å². The molecule has 1 aliphatic rings. The molecule has 1 aliphatic heterocycles. The summed E-state index contributed by atoms with van der Waals surface area (Å²) in [5, 5.41) is 20.5. The van der Waals surface area contributed by atoms with Crippen molar-refractivity contribution in [1.29, 1.82) is 5.26 Å². The predicted octanol–water partition coefficient (Wildman–Crippen LogP) is 1.20. The van der Waals surface area contributed by atoms with E-state index < -0.39 is 10.2 Å². The van der Waals surface area contributed by atoms with E-state index in [1.807, 2.05) is 12.1 Å². The van der Waals surface area contributed by atoms with E-state index in [2.05, 4.69) is 10.6 Å². The van der Waals surface area contributed by atoms with E-state index in [-0.39, 0.29) is 25.0 Å². The van der Waals surface area contributed by atoms with Crippen molar-refractivity contribution in [2.75, 3.05) is 32.6 Å². The minimum absolute atomic E-state index is 0.200. The highest BCUT2D eigenvalue weighted by atomic mass is 32.2. The largest absolute Gasteiger partial charge is 0.493 e. The molecule has 10 nitrogen and oxygen atoms in total. The Morgan fingerprint density at radius 3 is 2.59 bits per heavy atom. The molecule has 170 valence electrons. The number of carbonyl (C=O) groups is 1. The maximum atomic E-state index is 12.9. The molecular formula is C21H25N5O5S. The van der Waals surface area contributed by atoms with E-state index in [1.165, 1.54) is 17.5 Å². The van der Waals surface area contributed by atoms with Crippen molar-refractivity contribution in [3.8, 4) is 17.6 Å². The van der Waals surface area contributed by atoms with Gasteiger partial charge in [0.2, 0.25) is 0 Å². The van der Waals surface area contributed by atoms with E-state index in [0.29, 0.717) is 41.3 Å². The monoisotopic (exact) mass is 459 g/mol. The number of rotatable bonds is 8. The molecular weight excluding hydrogens is 434 g/mol. The minimum Gasteiger partial charge on any atom is -0.493 e. The van der Waals surface area contributed by atoms with E-state index in [9.17, 15) is 18.5 Å². The van der Waals surface area contributed by atoms with Crippen molar-refractivity contribution < 1.29 is 22.7 Å². The molecule has 0 aromatic heterocycles. The van der Waals surface area contributed by atoms with Crippen LogP contribution in [0.25, 0.3) is 0 Å². The Bertz CT molecular complexity index is 1150. The van der Waals surface area contributed by atoms with Crippen LogP contribution >= 0.6 is 0 Å². The number of anilines is 1. The maximum Gasteiger partial charge on any atom is 0.276 e. The van der Waals surface area contributed by atoms with Gasteiger partial charge in [0.15, 0.2) is 11.5 Å². The summed E-state index contributed by atoms with van der Waals surface area (Å²) in [7, 11) is -0.686. The fraction of sp³-hybridized carbons (Fsp3) is 0.333. The fourth-order valence-electron chi connectivity index (χ4n) is 3.49. The highest BCUT2D eigenvalue weighted by Crippen LogP contribution is 2.28. The average molecular weight is 460 g/mol. The van der Waals surface area contributed by atoms with E-state index >= 15 is 0 Å². The number of nitrogens with two attached hydrogens (primary N) is 1. The summed E-state index contributed by atoms with van der Waals surface area (Å²) in [6, 6.07) is 11.9. The molecule has 1 saturated heterocycles. The lowest BCUT2D eigenvalue weighted by Gasteiger charge is -2.18. The molecule has 0 bridgehead atoms. The Kier molecular flexibility index (Phi) is 7.19. The van der Waals surface area contributed by atoms with Gasteiger partial charge in [-0.05, 0) is 42.3 Å². The van der Waals surface area contributed by atoms with E-state index in [0.717, 1.165) is 5.56 Å². The van der Waals surface area contributed by atoms with Gasteiger partial charge < -0.3 is 20.1 Å². The number of amides is 1. The number of ether oxygens (including phenoxy) is 2. The summed E-state index contributed by atoms with van der Waals surface area (Å²) in [6.07, 6.45) is 0.545. The molecule has 1 amide bonds. The van der Waals surface area contributed by atoms with Crippen LogP contribution in [0.3, 0.4) is 0 Å². The van der Waals surface area contributed by atoms with Crippen molar-refractivity contribution in [2.24, 2.45) is 5.14 Å². The number of nitrogens with zero attached hydrogens (tertiary/aromatic N) is 2. The van der Waals surface area contributed by atoms with Gasteiger partial charge in [-0.3, -0.25) is 4.79 Å². The van der Waals surface area contributed by atoms with Crippen molar-refractivity contribution in [3.05, 3.63) is 53.1 Å². The number of benzene rings is 2. The SMILES string of the molecule is COc1ccc(CNC(=O)c2cc(C#N)ccc2NC2CCN(S(N)(=O)=O)C2)cc1OC. The van der Waals surface area contributed by atoms with Gasteiger partial charge in [0.05, 0.1) is 31.4 Å². The van der Waals surface area contributed by atoms with Gasteiger partial charge in [-0.25, -0.2) is 5.14 Å². The topological polar surface area (TPSA) is 147 Å². The number of methoxy groups -OCH3 is 2. The molecule has 0 radical (unpaired) electrons. The Balaban J connectivity index is 1.75. The number of nitrogens with one attached hydrogen (secondary N) is 2. The van der Waals surface area contributed by atoms with Crippen LogP contribution in [0.5, 0.6) is 11.5 Å². The van der Waals surface area contributed by atoms with Crippen molar-refractivity contribution in [3.63, 3.8) is 0 Å². The summed E-state index contributed by atoms with van der Waals surface area (Å²) < 4.78 is 34.8. The molecule has 0 spiro atoms. The van der Waals surface area contributed by atoms with Crippen LogP contribution in [0.1, 0.15) is 27.9 Å². The number of hydrogen-bond donors (Lipinski definition) is 3. The zero-order chi connectivity index (χ0) is 23.3. The number of carbonyl (C=O) groups excluding carboxylic acids is 1. The van der Waals surface area contributed by atoms with Crippen LogP contribution in [-0.4, -0.2) is 52.0 Å². The second-order valence-electron chi connectivity index (χ2n) is 7.28. The molecule has 2 aromatic rings. The molecule has 1 atom stereocenters. The lowest BCUT2D eigenvalue weighted by molar-refractivity contribution is 0.0951. The second kappa shape index (κ2) is 9.86. The molecule has 0 aliphatic carbocycles. The van der Waals surface area contributed by atoms with Crippen LogP contribution < -0.4 is 25.2 Å². The normalized spacial score (nSPS) is 16.2.